The van der Waals surface area contributed by atoms with Crippen molar-refractivity contribution in [1.82, 2.24) is 10.6 Å². The Hall–Kier alpha value is -1.83. The van der Waals surface area contributed by atoms with E-state index in [1.54, 1.807) is 5.43 Å². The number of nitrogens with one attached hydrogen (secondary N) is 1. The van der Waals surface area contributed by atoms with E-state index in [2.05, 4.69) is 9.79 Å². The number of amides is 1. The second-order valence-corrected chi connectivity index (χ2v) is 1.64. The van der Waals surface area contributed by atoms with Crippen molar-refractivity contribution in [3.63, 3.8) is 0 Å². The molecule has 11 heavy (non-hydrogen) atoms. The van der Waals surface area contributed by atoms with Gasteiger partial charge in [-0.1, -0.05) is 0 Å². The number of rotatable bonds is 1. The lowest BCUT2D eigenvalue weighted by atomic mass is 10.4. The zero-order valence-electron chi connectivity index (χ0n) is 5.27. The molecule has 0 saturated carbocycles. The van der Waals surface area contributed by atoms with E-state index >= 15 is 0 Å². The third kappa shape index (κ3) is 1.05. The summed E-state index contributed by atoms with van der Waals surface area (Å²) >= 11 is 0. The summed E-state index contributed by atoms with van der Waals surface area (Å²) in [6.45, 7) is 0. The van der Waals surface area contributed by atoms with E-state index in [4.69, 9.17) is 11.6 Å². The van der Waals surface area contributed by atoms with Gasteiger partial charge in [0.15, 0.2) is 0 Å². The fourth-order valence-electron chi connectivity index (χ4n) is 0.526. The zero-order valence-corrected chi connectivity index (χ0v) is 5.27. The van der Waals surface area contributed by atoms with Crippen LogP contribution in [0.25, 0.3) is 0 Å². The van der Waals surface area contributed by atoms with Crippen LogP contribution in [0, 0.1) is 5.21 Å². The van der Waals surface area contributed by atoms with Gasteiger partial charge in [-0.25, -0.2) is 5.84 Å². The first-order valence-corrected chi connectivity index (χ1v) is 2.53. The first-order chi connectivity index (χ1) is 5.16. The summed E-state index contributed by atoms with van der Waals surface area (Å²) in [4.78, 5) is 10.6. The number of carbonyl (C=O) groups is 1. The van der Waals surface area contributed by atoms with Crippen LogP contribution < -0.4 is 21.9 Å². The molecule has 5 N–H and O–H groups in total. The van der Waals surface area contributed by atoms with Gasteiger partial charge in [0.1, 0.15) is 0 Å². The van der Waals surface area contributed by atoms with E-state index in [-0.39, 0.29) is 10.7 Å². The number of nitrogen functional groups attached to an aromatic ring is 2. The molecule has 0 aliphatic rings. The Morgan fingerprint density at radius 2 is 2.45 bits per heavy atom. The van der Waals surface area contributed by atoms with Gasteiger partial charge in [-0.3, -0.25) is 14.8 Å². The fraction of sp³-hybridized carbons (Fsp3) is 0. The number of hydrogen-bond acceptors (Lipinski definition) is 6. The van der Waals surface area contributed by atoms with E-state index < -0.39 is 11.6 Å². The highest BCUT2D eigenvalue weighted by Gasteiger charge is 2.23. The lowest BCUT2D eigenvalue weighted by Gasteiger charge is -1.92. The van der Waals surface area contributed by atoms with Crippen molar-refractivity contribution < 1.29 is 14.3 Å². The Bertz CT molecular complexity index is 261. The number of nitrogens with two attached hydrogens (primary N) is 2. The van der Waals surface area contributed by atoms with Crippen molar-refractivity contribution >= 4 is 11.7 Å². The van der Waals surface area contributed by atoms with Crippen LogP contribution in [0.5, 0.6) is 0 Å². The van der Waals surface area contributed by atoms with Crippen molar-refractivity contribution in [3.05, 3.63) is 10.9 Å². The van der Waals surface area contributed by atoms with Gasteiger partial charge in [-0.2, -0.15) is 0 Å². The first kappa shape index (κ1) is 7.28. The molecule has 8 heteroatoms. The topological polar surface area (TPSA) is 134 Å². The summed E-state index contributed by atoms with van der Waals surface area (Å²) in [7, 11) is 0. The largest absolute Gasteiger partial charge is 0.359 e. The number of aromatic nitrogens is 2. The summed E-state index contributed by atoms with van der Waals surface area (Å²) < 4.78 is 3.99. The molecule has 8 nitrogen and oxygen atoms in total. The molecule has 0 atom stereocenters. The van der Waals surface area contributed by atoms with Gasteiger partial charge in [0, 0.05) is 0 Å². The van der Waals surface area contributed by atoms with Crippen LogP contribution in [0.4, 0.5) is 5.82 Å². The first-order valence-electron chi connectivity index (χ1n) is 2.53. The van der Waals surface area contributed by atoms with E-state index in [9.17, 15) is 10.0 Å². The quantitative estimate of drug-likeness (QED) is 0.179. The molecule has 0 fully saturated rings. The normalized spacial score (nSPS) is 9.55. The molecule has 0 aliphatic heterocycles. The molecular formula is C3H5N5O3. The number of hydrazine groups is 1. The van der Waals surface area contributed by atoms with Crippen LogP contribution >= 0.6 is 0 Å². The highest BCUT2D eigenvalue weighted by molar-refractivity contribution is 5.94. The van der Waals surface area contributed by atoms with E-state index in [0.29, 0.717) is 0 Å². The minimum absolute atomic E-state index is 0.127. The highest BCUT2D eigenvalue weighted by Crippen LogP contribution is 1.99. The summed E-state index contributed by atoms with van der Waals surface area (Å²) in [5.74, 6) is 3.57. The Balaban J connectivity index is 3.10. The molecule has 1 amide bonds. The van der Waals surface area contributed by atoms with Crippen LogP contribution in [0.1, 0.15) is 10.5 Å². The predicted octanol–water partition coefficient (Wildman–Crippen LogP) is -2.51. The SMILES string of the molecule is NNC(=O)c1c(N)no[n+]1[O-]. The summed E-state index contributed by atoms with van der Waals surface area (Å²) in [5.41, 5.74) is 6.33. The van der Waals surface area contributed by atoms with Crippen molar-refractivity contribution in [2.24, 2.45) is 5.84 Å². The summed E-state index contributed by atoms with van der Waals surface area (Å²) in [6.07, 6.45) is 0. The number of hydrogen-bond donors (Lipinski definition) is 3. The van der Waals surface area contributed by atoms with Crippen molar-refractivity contribution in [2.45, 2.75) is 0 Å². The van der Waals surface area contributed by atoms with Crippen LogP contribution in [0.15, 0.2) is 4.63 Å². The van der Waals surface area contributed by atoms with E-state index in [0.717, 1.165) is 0 Å². The highest BCUT2D eigenvalue weighted by atomic mass is 16.8. The van der Waals surface area contributed by atoms with Gasteiger partial charge >= 0.3 is 17.4 Å². The van der Waals surface area contributed by atoms with Gasteiger partial charge in [0.2, 0.25) is 0 Å². The lowest BCUT2D eigenvalue weighted by Crippen LogP contribution is -2.40. The molecule has 0 aromatic carbocycles. The van der Waals surface area contributed by atoms with Gasteiger partial charge in [0.05, 0.1) is 5.16 Å². The van der Waals surface area contributed by atoms with Crippen LogP contribution in [0.2, 0.25) is 0 Å². The molecule has 60 valence electrons. The van der Waals surface area contributed by atoms with Gasteiger partial charge < -0.3 is 10.9 Å². The third-order valence-electron chi connectivity index (χ3n) is 0.985. The van der Waals surface area contributed by atoms with Crippen LogP contribution in [0.3, 0.4) is 0 Å². The molecule has 1 aromatic heterocycles. The Kier molecular flexibility index (Phi) is 1.60. The van der Waals surface area contributed by atoms with Gasteiger partial charge in [-0.05, 0) is 4.90 Å². The predicted molar refractivity (Wildman–Crippen MR) is 31.5 cm³/mol. The minimum Gasteiger partial charge on any atom is -0.359 e. The standard InChI is InChI=1S/C3H5N5O3/c4-2-1(3(9)6-5)8(10)11-7-2/h5H2,(H2,4,7)(H,6,9). The van der Waals surface area contributed by atoms with E-state index in [1.807, 2.05) is 0 Å². The summed E-state index contributed by atoms with van der Waals surface area (Å²) in [5, 5.41) is 13.6. The zero-order chi connectivity index (χ0) is 8.43. The number of anilines is 1. The second kappa shape index (κ2) is 2.42. The molecule has 1 rings (SSSR count). The molecule has 0 radical (unpaired) electrons. The van der Waals surface area contributed by atoms with Crippen LogP contribution in [-0.4, -0.2) is 11.1 Å². The van der Waals surface area contributed by atoms with Crippen molar-refractivity contribution in [1.29, 1.82) is 0 Å². The van der Waals surface area contributed by atoms with Crippen molar-refractivity contribution in [2.75, 3.05) is 5.73 Å². The molecular weight excluding hydrogens is 154 g/mol. The van der Waals surface area contributed by atoms with Crippen LogP contribution in [-0.2, 0) is 0 Å². The van der Waals surface area contributed by atoms with Gasteiger partial charge in [-0.15, -0.1) is 0 Å². The average Bonchev–Trinajstić information content (AvgIpc) is 2.30. The Morgan fingerprint density at radius 1 is 1.82 bits per heavy atom. The molecule has 1 heterocycles. The maximum absolute atomic E-state index is 10.7. The number of nitrogens with zero attached hydrogens (tertiary/aromatic N) is 2. The average molecular weight is 159 g/mol. The minimum atomic E-state index is -0.848. The van der Waals surface area contributed by atoms with E-state index in [1.165, 1.54) is 0 Å². The monoisotopic (exact) mass is 159 g/mol. The van der Waals surface area contributed by atoms with Gasteiger partial charge in [0.25, 0.3) is 0 Å². The molecule has 0 bridgehead atoms. The van der Waals surface area contributed by atoms with Crippen molar-refractivity contribution in [3.8, 4) is 0 Å². The maximum atomic E-state index is 10.7. The fourth-order valence-corrected chi connectivity index (χ4v) is 0.526. The third-order valence-corrected chi connectivity index (χ3v) is 0.985. The lowest BCUT2D eigenvalue weighted by molar-refractivity contribution is -0.803. The Morgan fingerprint density at radius 3 is 2.82 bits per heavy atom. The smallest absolute Gasteiger partial charge is 0.318 e. The summed E-state index contributed by atoms with van der Waals surface area (Å²) in [6, 6.07) is 0. The molecule has 0 saturated heterocycles. The molecule has 0 aliphatic carbocycles. The molecule has 1 aromatic rings. The number of carbonyl (C=O) groups excluding carboxylic acids is 1. The Labute approximate surface area is 60.3 Å². The second-order valence-electron chi connectivity index (χ2n) is 1.64. The molecule has 0 spiro atoms. The maximum Gasteiger partial charge on any atom is 0.318 e. The molecule has 0 unspecified atom stereocenters.